The highest BCUT2D eigenvalue weighted by Gasteiger charge is 2.24. The van der Waals surface area contributed by atoms with Crippen LogP contribution >= 0.6 is 11.3 Å². The van der Waals surface area contributed by atoms with E-state index < -0.39 is 0 Å². The predicted molar refractivity (Wildman–Crippen MR) is 102 cm³/mol. The zero-order chi connectivity index (χ0) is 17.5. The van der Waals surface area contributed by atoms with Crippen molar-refractivity contribution in [1.29, 1.82) is 0 Å². The minimum absolute atomic E-state index is 0.0948. The molecule has 2 amide bonds. The summed E-state index contributed by atoms with van der Waals surface area (Å²) in [5.41, 5.74) is 0. The summed E-state index contributed by atoms with van der Waals surface area (Å²) < 4.78 is 2.00. The van der Waals surface area contributed by atoms with Gasteiger partial charge >= 0.3 is 6.03 Å². The molecule has 3 heterocycles. The Labute approximate surface area is 154 Å². The summed E-state index contributed by atoms with van der Waals surface area (Å²) in [6.45, 7) is 4.86. The number of carbonyl (C=O) groups excluding carboxylic acids is 1. The number of aromatic nitrogens is 2. The van der Waals surface area contributed by atoms with Crippen LogP contribution in [0.3, 0.4) is 0 Å². The number of urea groups is 1. The summed E-state index contributed by atoms with van der Waals surface area (Å²) in [6.07, 6.45) is 9.22. The van der Waals surface area contributed by atoms with Gasteiger partial charge in [0.05, 0.1) is 6.04 Å². The topological polar surface area (TPSA) is 50.2 Å². The van der Waals surface area contributed by atoms with Crippen molar-refractivity contribution in [3.8, 4) is 0 Å². The summed E-state index contributed by atoms with van der Waals surface area (Å²) >= 11 is 1.72. The molecule has 1 aliphatic heterocycles. The number of rotatable bonds is 7. The van der Waals surface area contributed by atoms with Crippen molar-refractivity contribution < 1.29 is 4.79 Å². The molecule has 0 unspecified atom stereocenters. The van der Waals surface area contributed by atoms with Gasteiger partial charge in [0.2, 0.25) is 0 Å². The Hall–Kier alpha value is -1.82. The van der Waals surface area contributed by atoms with Gasteiger partial charge in [-0.3, -0.25) is 4.68 Å². The molecule has 1 N–H and O–H groups in total. The molecule has 0 spiro atoms. The molecule has 0 aromatic carbocycles. The average molecular weight is 361 g/mol. The monoisotopic (exact) mass is 360 g/mol. The van der Waals surface area contributed by atoms with Crippen molar-refractivity contribution in [3.05, 3.63) is 40.8 Å². The first kappa shape index (κ1) is 18.0. The molecule has 2 aromatic heterocycles. The quantitative estimate of drug-likeness (QED) is 0.800. The van der Waals surface area contributed by atoms with E-state index in [9.17, 15) is 4.79 Å². The summed E-state index contributed by atoms with van der Waals surface area (Å²) in [5, 5.41) is 9.58. The molecule has 6 heteroatoms. The molecule has 1 fully saturated rings. The SMILES string of the molecule is CCC[C@H](NC(=O)N1CCC(CCn2cccn2)CC1)c1cccs1. The zero-order valence-corrected chi connectivity index (χ0v) is 15.8. The Kier molecular flexibility index (Phi) is 6.50. The smallest absolute Gasteiger partial charge is 0.317 e. The van der Waals surface area contributed by atoms with E-state index in [0.717, 1.165) is 51.7 Å². The van der Waals surface area contributed by atoms with Crippen LogP contribution in [0.25, 0.3) is 0 Å². The van der Waals surface area contributed by atoms with Crippen molar-refractivity contribution in [2.75, 3.05) is 13.1 Å². The van der Waals surface area contributed by atoms with E-state index in [1.807, 2.05) is 28.0 Å². The van der Waals surface area contributed by atoms with Crippen LogP contribution in [0.15, 0.2) is 36.0 Å². The molecule has 1 atom stereocenters. The summed E-state index contributed by atoms with van der Waals surface area (Å²) in [4.78, 5) is 15.9. The number of aryl methyl sites for hydroxylation is 1. The standard InChI is InChI=1S/C19H28N4OS/c1-2-5-17(18-6-3-15-25-18)21-19(24)22-12-7-16(8-13-22)9-14-23-11-4-10-20-23/h3-4,6,10-11,15-17H,2,5,7-9,12-14H2,1H3,(H,21,24)/t17-/m0/s1. The van der Waals surface area contributed by atoms with Crippen molar-refractivity contribution in [1.82, 2.24) is 20.0 Å². The van der Waals surface area contributed by atoms with Crippen LogP contribution in [0, 0.1) is 5.92 Å². The first-order chi connectivity index (χ1) is 12.3. The van der Waals surface area contributed by atoms with Gasteiger partial charge in [-0.1, -0.05) is 19.4 Å². The number of hydrogen-bond donors (Lipinski definition) is 1. The Morgan fingerprint density at radius 3 is 2.88 bits per heavy atom. The van der Waals surface area contributed by atoms with Gasteiger partial charge in [-0.2, -0.15) is 5.10 Å². The van der Waals surface area contributed by atoms with Crippen LogP contribution in [-0.2, 0) is 6.54 Å². The highest BCUT2D eigenvalue weighted by Crippen LogP contribution is 2.25. The largest absolute Gasteiger partial charge is 0.330 e. The lowest BCUT2D eigenvalue weighted by Gasteiger charge is -2.33. The molecule has 5 nitrogen and oxygen atoms in total. The second-order valence-electron chi connectivity index (χ2n) is 6.79. The van der Waals surface area contributed by atoms with Gasteiger partial charge in [0.15, 0.2) is 0 Å². The molecular weight excluding hydrogens is 332 g/mol. The van der Waals surface area contributed by atoms with E-state index >= 15 is 0 Å². The molecule has 3 rings (SSSR count). The number of hydrogen-bond acceptors (Lipinski definition) is 3. The number of carbonyl (C=O) groups is 1. The third-order valence-corrected chi connectivity index (χ3v) is 5.98. The molecule has 0 aliphatic carbocycles. The first-order valence-corrected chi connectivity index (χ1v) is 10.2. The molecule has 1 aliphatic rings. The minimum atomic E-state index is 0.0948. The van der Waals surface area contributed by atoms with E-state index in [1.165, 1.54) is 4.88 Å². The number of amides is 2. The third kappa shape index (κ3) is 5.08. The van der Waals surface area contributed by atoms with Crippen molar-refractivity contribution >= 4 is 17.4 Å². The number of nitrogens with zero attached hydrogens (tertiary/aromatic N) is 3. The average Bonchev–Trinajstić information content (AvgIpc) is 3.33. The van der Waals surface area contributed by atoms with Gasteiger partial charge in [0, 0.05) is 36.9 Å². The number of likely N-dealkylation sites (tertiary alicyclic amines) is 1. The van der Waals surface area contributed by atoms with Gasteiger partial charge in [0.25, 0.3) is 0 Å². The van der Waals surface area contributed by atoms with Gasteiger partial charge in [0.1, 0.15) is 0 Å². The van der Waals surface area contributed by atoms with Crippen LogP contribution in [0.2, 0.25) is 0 Å². The molecule has 0 saturated carbocycles. The lowest BCUT2D eigenvalue weighted by atomic mass is 9.94. The van der Waals surface area contributed by atoms with E-state index in [2.05, 4.69) is 34.9 Å². The molecule has 1 saturated heterocycles. The maximum atomic E-state index is 12.6. The number of thiophene rings is 1. The molecule has 25 heavy (non-hydrogen) atoms. The Bertz CT molecular complexity index is 618. The Morgan fingerprint density at radius 1 is 1.40 bits per heavy atom. The molecule has 2 aromatic rings. The highest BCUT2D eigenvalue weighted by atomic mass is 32.1. The molecule has 136 valence electrons. The van der Waals surface area contributed by atoms with Crippen LogP contribution in [0.1, 0.15) is 49.9 Å². The van der Waals surface area contributed by atoms with Crippen molar-refractivity contribution in [2.45, 2.75) is 51.6 Å². The van der Waals surface area contributed by atoms with E-state index in [0.29, 0.717) is 5.92 Å². The fraction of sp³-hybridized carbons (Fsp3) is 0.579. The van der Waals surface area contributed by atoms with Gasteiger partial charge in [-0.15, -0.1) is 11.3 Å². The normalized spacial score (nSPS) is 16.8. The summed E-state index contributed by atoms with van der Waals surface area (Å²) in [5.74, 6) is 0.692. The maximum absolute atomic E-state index is 12.6. The van der Waals surface area contributed by atoms with Crippen molar-refractivity contribution in [2.24, 2.45) is 5.92 Å². The molecule has 0 bridgehead atoms. The fourth-order valence-corrected chi connectivity index (χ4v) is 4.29. The van der Waals surface area contributed by atoms with E-state index in [4.69, 9.17) is 0 Å². The van der Waals surface area contributed by atoms with Gasteiger partial charge in [-0.25, -0.2) is 4.79 Å². The minimum Gasteiger partial charge on any atom is -0.330 e. The van der Waals surface area contributed by atoms with Crippen LogP contribution in [0.4, 0.5) is 4.79 Å². The second kappa shape index (κ2) is 9.04. The van der Waals surface area contributed by atoms with E-state index in [1.54, 1.807) is 11.3 Å². The highest BCUT2D eigenvalue weighted by molar-refractivity contribution is 7.10. The van der Waals surface area contributed by atoms with Crippen LogP contribution < -0.4 is 5.32 Å². The Balaban J connectivity index is 1.44. The molecular formula is C19H28N4OS. The van der Waals surface area contributed by atoms with E-state index in [-0.39, 0.29) is 12.1 Å². The predicted octanol–water partition coefficient (Wildman–Crippen LogP) is 4.30. The lowest BCUT2D eigenvalue weighted by Crippen LogP contribution is -2.45. The van der Waals surface area contributed by atoms with Crippen molar-refractivity contribution in [3.63, 3.8) is 0 Å². The second-order valence-corrected chi connectivity index (χ2v) is 7.77. The number of piperidine rings is 1. The van der Waals surface area contributed by atoms with Gasteiger partial charge < -0.3 is 10.2 Å². The molecule has 0 radical (unpaired) electrons. The Morgan fingerprint density at radius 2 is 2.24 bits per heavy atom. The first-order valence-electron chi connectivity index (χ1n) is 9.32. The number of nitrogens with one attached hydrogen (secondary N) is 1. The maximum Gasteiger partial charge on any atom is 0.317 e. The summed E-state index contributed by atoms with van der Waals surface area (Å²) in [7, 11) is 0. The third-order valence-electron chi connectivity index (χ3n) is 4.99. The van der Waals surface area contributed by atoms with Crippen LogP contribution in [0.5, 0.6) is 0 Å². The zero-order valence-electron chi connectivity index (χ0n) is 14.9. The summed E-state index contributed by atoms with van der Waals surface area (Å²) in [6, 6.07) is 6.38. The lowest BCUT2D eigenvalue weighted by molar-refractivity contribution is 0.162. The van der Waals surface area contributed by atoms with Crippen LogP contribution in [-0.4, -0.2) is 33.8 Å². The fourth-order valence-electron chi connectivity index (χ4n) is 3.48. The van der Waals surface area contributed by atoms with Gasteiger partial charge in [-0.05, 0) is 49.1 Å².